The summed E-state index contributed by atoms with van der Waals surface area (Å²) in [5.74, 6) is -0.0319. The minimum atomic E-state index is -0.580. The quantitative estimate of drug-likeness (QED) is 0.546. The molecule has 102 valence electrons. The second-order valence-corrected chi connectivity index (χ2v) is 4.44. The van der Waals surface area contributed by atoms with Gasteiger partial charge in [0.15, 0.2) is 0 Å². The van der Waals surface area contributed by atoms with Crippen molar-refractivity contribution in [3.8, 4) is 0 Å². The van der Waals surface area contributed by atoms with E-state index in [1.807, 2.05) is 6.92 Å². The zero-order chi connectivity index (χ0) is 13.3. The number of rotatable bonds is 9. The van der Waals surface area contributed by atoms with Gasteiger partial charge in [-0.1, -0.05) is 13.3 Å². The van der Waals surface area contributed by atoms with Crippen molar-refractivity contribution in [1.29, 1.82) is 0 Å². The van der Waals surface area contributed by atoms with Crippen molar-refractivity contribution in [2.75, 3.05) is 20.3 Å². The van der Waals surface area contributed by atoms with Crippen LogP contribution in [0.1, 0.15) is 33.6 Å². The summed E-state index contributed by atoms with van der Waals surface area (Å²) in [5.41, 5.74) is 0. The highest BCUT2D eigenvalue weighted by Crippen LogP contribution is 1.95. The van der Waals surface area contributed by atoms with Crippen LogP contribution in [0.5, 0.6) is 0 Å². The molecule has 0 radical (unpaired) electrons. The Labute approximate surface area is 104 Å². The van der Waals surface area contributed by atoms with Crippen LogP contribution in [0.3, 0.4) is 0 Å². The number of methoxy groups -OCH3 is 1. The Kier molecular flexibility index (Phi) is 9.03. The molecular weight excluding hydrogens is 220 g/mol. The maximum atomic E-state index is 11.7. The molecule has 17 heavy (non-hydrogen) atoms. The van der Waals surface area contributed by atoms with Gasteiger partial charge in [-0.2, -0.15) is 0 Å². The third-order valence-corrected chi connectivity index (χ3v) is 2.52. The average molecular weight is 246 g/mol. The molecule has 5 heteroatoms. The van der Waals surface area contributed by atoms with Crippen LogP contribution < -0.4 is 10.6 Å². The lowest BCUT2D eigenvalue weighted by molar-refractivity contribution is -0.123. The zero-order valence-corrected chi connectivity index (χ0v) is 11.3. The van der Waals surface area contributed by atoms with Gasteiger partial charge in [0.2, 0.25) is 5.91 Å². The lowest BCUT2D eigenvalue weighted by atomic mass is 10.2. The van der Waals surface area contributed by atoms with Gasteiger partial charge in [-0.05, 0) is 20.3 Å². The Bertz CT molecular complexity index is 212. The molecule has 5 nitrogen and oxygen atoms in total. The number of hydrogen-bond acceptors (Lipinski definition) is 4. The van der Waals surface area contributed by atoms with Gasteiger partial charge < -0.3 is 20.5 Å². The number of carbonyl (C=O) groups is 1. The first kappa shape index (κ1) is 16.4. The van der Waals surface area contributed by atoms with E-state index in [-0.39, 0.29) is 24.6 Å². The number of ether oxygens (including phenoxy) is 1. The molecule has 0 saturated heterocycles. The Morgan fingerprint density at radius 3 is 2.59 bits per heavy atom. The number of hydrogen-bond donors (Lipinski definition) is 3. The first-order valence-corrected chi connectivity index (χ1v) is 6.22. The molecule has 0 aliphatic heterocycles. The standard InChI is InChI=1S/C12H26N2O3/c1-5-6-9(2)14-12(16)10(3)13-7-11(15)8-17-4/h9-11,13,15H,5-8H2,1-4H3,(H,14,16). The van der Waals surface area contributed by atoms with Gasteiger partial charge in [-0.25, -0.2) is 0 Å². The summed E-state index contributed by atoms with van der Waals surface area (Å²) >= 11 is 0. The summed E-state index contributed by atoms with van der Waals surface area (Å²) in [6.07, 6.45) is 1.45. The van der Waals surface area contributed by atoms with Crippen LogP contribution in [0.2, 0.25) is 0 Å². The van der Waals surface area contributed by atoms with Crippen LogP contribution in [-0.4, -0.2) is 49.5 Å². The van der Waals surface area contributed by atoms with Gasteiger partial charge >= 0.3 is 0 Å². The predicted octanol–water partition coefficient (Wildman–Crippen LogP) is 0.277. The lowest BCUT2D eigenvalue weighted by Gasteiger charge is -2.19. The van der Waals surface area contributed by atoms with Crippen molar-refractivity contribution in [2.24, 2.45) is 0 Å². The van der Waals surface area contributed by atoms with Gasteiger partial charge in [0, 0.05) is 19.7 Å². The van der Waals surface area contributed by atoms with Gasteiger partial charge in [0.25, 0.3) is 0 Å². The molecular formula is C12H26N2O3. The van der Waals surface area contributed by atoms with E-state index in [1.165, 1.54) is 7.11 Å². The van der Waals surface area contributed by atoms with E-state index in [1.54, 1.807) is 6.92 Å². The van der Waals surface area contributed by atoms with Crippen molar-refractivity contribution in [1.82, 2.24) is 10.6 Å². The highest BCUT2D eigenvalue weighted by molar-refractivity contribution is 5.81. The largest absolute Gasteiger partial charge is 0.389 e. The minimum Gasteiger partial charge on any atom is -0.389 e. The maximum absolute atomic E-state index is 11.7. The normalized spacial score (nSPS) is 16.3. The summed E-state index contributed by atoms with van der Waals surface area (Å²) in [6.45, 7) is 6.49. The third-order valence-electron chi connectivity index (χ3n) is 2.52. The summed E-state index contributed by atoms with van der Waals surface area (Å²) < 4.78 is 4.80. The number of aliphatic hydroxyl groups is 1. The maximum Gasteiger partial charge on any atom is 0.237 e. The molecule has 0 aromatic heterocycles. The van der Waals surface area contributed by atoms with E-state index < -0.39 is 6.10 Å². The first-order valence-electron chi connectivity index (χ1n) is 6.22. The van der Waals surface area contributed by atoms with E-state index in [4.69, 9.17) is 4.74 Å². The molecule has 0 rings (SSSR count). The highest BCUT2D eigenvalue weighted by Gasteiger charge is 2.15. The topological polar surface area (TPSA) is 70.6 Å². The highest BCUT2D eigenvalue weighted by atomic mass is 16.5. The van der Waals surface area contributed by atoms with Crippen molar-refractivity contribution in [3.63, 3.8) is 0 Å². The van der Waals surface area contributed by atoms with E-state index in [0.29, 0.717) is 6.54 Å². The second-order valence-electron chi connectivity index (χ2n) is 4.44. The monoisotopic (exact) mass is 246 g/mol. The van der Waals surface area contributed by atoms with Crippen molar-refractivity contribution >= 4 is 5.91 Å². The van der Waals surface area contributed by atoms with E-state index in [0.717, 1.165) is 12.8 Å². The minimum absolute atomic E-state index is 0.0319. The summed E-state index contributed by atoms with van der Waals surface area (Å²) in [6, 6.07) is -0.110. The Morgan fingerprint density at radius 1 is 1.41 bits per heavy atom. The summed E-state index contributed by atoms with van der Waals surface area (Å²) in [5, 5.41) is 15.3. The van der Waals surface area contributed by atoms with E-state index in [2.05, 4.69) is 17.6 Å². The van der Waals surface area contributed by atoms with Crippen LogP contribution in [0, 0.1) is 0 Å². The second kappa shape index (κ2) is 9.39. The molecule has 0 aliphatic rings. The average Bonchev–Trinajstić information content (AvgIpc) is 2.26. The molecule has 3 unspecified atom stereocenters. The number of aliphatic hydroxyl groups excluding tert-OH is 1. The van der Waals surface area contributed by atoms with Gasteiger partial charge in [-0.15, -0.1) is 0 Å². The van der Waals surface area contributed by atoms with E-state index >= 15 is 0 Å². The number of carbonyl (C=O) groups excluding carboxylic acids is 1. The molecule has 0 bridgehead atoms. The summed E-state index contributed by atoms with van der Waals surface area (Å²) in [4.78, 5) is 11.7. The Morgan fingerprint density at radius 2 is 2.06 bits per heavy atom. The molecule has 0 saturated carbocycles. The SMILES string of the molecule is CCCC(C)NC(=O)C(C)NCC(O)COC. The molecule has 0 spiro atoms. The zero-order valence-electron chi connectivity index (χ0n) is 11.3. The Hall–Kier alpha value is -0.650. The fraction of sp³-hybridized carbons (Fsp3) is 0.917. The smallest absolute Gasteiger partial charge is 0.237 e. The summed E-state index contributed by atoms with van der Waals surface area (Å²) in [7, 11) is 1.53. The fourth-order valence-electron chi connectivity index (χ4n) is 1.53. The Balaban J connectivity index is 3.81. The van der Waals surface area contributed by atoms with Gasteiger partial charge in [0.05, 0.1) is 18.8 Å². The van der Waals surface area contributed by atoms with Gasteiger partial charge in [0.1, 0.15) is 0 Å². The molecule has 3 N–H and O–H groups in total. The number of amides is 1. The molecule has 1 amide bonds. The van der Waals surface area contributed by atoms with Crippen molar-refractivity contribution in [3.05, 3.63) is 0 Å². The predicted molar refractivity (Wildman–Crippen MR) is 67.9 cm³/mol. The molecule has 0 fully saturated rings. The van der Waals surface area contributed by atoms with Crippen LogP contribution in [-0.2, 0) is 9.53 Å². The van der Waals surface area contributed by atoms with E-state index in [9.17, 15) is 9.90 Å². The third kappa shape index (κ3) is 8.12. The van der Waals surface area contributed by atoms with Crippen LogP contribution >= 0.6 is 0 Å². The molecule has 0 aliphatic carbocycles. The molecule has 0 aromatic carbocycles. The first-order chi connectivity index (χ1) is 8.01. The molecule has 0 heterocycles. The van der Waals surface area contributed by atoms with Gasteiger partial charge in [-0.3, -0.25) is 4.79 Å². The molecule has 0 aromatic rings. The van der Waals surface area contributed by atoms with Crippen LogP contribution in [0.4, 0.5) is 0 Å². The number of nitrogens with one attached hydrogen (secondary N) is 2. The van der Waals surface area contributed by atoms with Crippen molar-refractivity contribution in [2.45, 2.75) is 51.8 Å². The molecule has 3 atom stereocenters. The van der Waals surface area contributed by atoms with Crippen LogP contribution in [0.25, 0.3) is 0 Å². The van der Waals surface area contributed by atoms with Crippen molar-refractivity contribution < 1.29 is 14.6 Å². The van der Waals surface area contributed by atoms with Crippen LogP contribution in [0.15, 0.2) is 0 Å². The lowest BCUT2D eigenvalue weighted by Crippen LogP contribution is -2.47. The fourth-order valence-corrected chi connectivity index (χ4v) is 1.53.